The predicted molar refractivity (Wildman–Crippen MR) is 56.9 cm³/mol. The van der Waals surface area contributed by atoms with Gasteiger partial charge in [0, 0.05) is 5.54 Å². The molecule has 0 aromatic carbocycles. The van der Waals surface area contributed by atoms with Gasteiger partial charge in [-0.15, -0.1) is 0 Å². The fourth-order valence-corrected chi connectivity index (χ4v) is 2.95. The Labute approximate surface area is 86.3 Å². The maximum atomic E-state index is 9.07. The lowest BCUT2D eigenvalue weighted by molar-refractivity contribution is 0.0205. The molecule has 2 rings (SSSR count). The first-order valence-electron chi connectivity index (χ1n) is 5.71. The molecule has 0 aromatic rings. The third-order valence-electron chi connectivity index (χ3n) is 4.08. The molecule has 2 aliphatic rings. The number of aliphatic hydroxyl groups excluding tert-OH is 1. The second kappa shape index (κ2) is 3.80. The van der Waals surface area contributed by atoms with Crippen molar-refractivity contribution in [3.05, 3.63) is 0 Å². The Balaban J connectivity index is 1.77. The average molecular weight is 198 g/mol. The molecular formula is C11H22N2O. The molecule has 0 amide bonds. The van der Waals surface area contributed by atoms with Gasteiger partial charge < -0.3 is 15.7 Å². The third kappa shape index (κ3) is 1.95. The summed E-state index contributed by atoms with van der Waals surface area (Å²) in [6.45, 7) is 2.63. The third-order valence-corrected chi connectivity index (χ3v) is 4.08. The largest absolute Gasteiger partial charge is 0.394 e. The highest BCUT2D eigenvalue weighted by atomic mass is 16.3. The van der Waals surface area contributed by atoms with E-state index in [1.54, 1.807) is 0 Å². The van der Waals surface area contributed by atoms with Gasteiger partial charge in [0.1, 0.15) is 0 Å². The molecule has 3 heteroatoms. The van der Waals surface area contributed by atoms with Crippen molar-refractivity contribution in [2.45, 2.75) is 31.2 Å². The molecule has 0 radical (unpaired) electrons. The number of hydrogen-bond acceptors (Lipinski definition) is 3. The van der Waals surface area contributed by atoms with Gasteiger partial charge in [-0.05, 0) is 57.7 Å². The zero-order chi connectivity index (χ0) is 10.2. The number of nitrogens with two attached hydrogens (primary N) is 1. The number of rotatable bonds is 2. The molecule has 1 saturated heterocycles. The number of hydrogen-bond donors (Lipinski definition) is 2. The van der Waals surface area contributed by atoms with E-state index in [-0.39, 0.29) is 12.1 Å². The molecule has 1 aliphatic heterocycles. The van der Waals surface area contributed by atoms with Crippen molar-refractivity contribution in [1.82, 2.24) is 4.90 Å². The highest BCUT2D eigenvalue weighted by Gasteiger charge is 2.44. The molecule has 3 nitrogen and oxygen atoms in total. The van der Waals surface area contributed by atoms with Crippen LogP contribution in [-0.2, 0) is 0 Å². The van der Waals surface area contributed by atoms with Gasteiger partial charge in [0.15, 0.2) is 0 Å². The van der Waals surface area contributed by atoms with Crippen LogP contribution in [0.25, 0.3) is 0 Å². The Bertz CT molecular complexity index is 193. The first kappa shape index (κ1) is 10.4. The lowest BCUT2D eigenvalue weighted by Crippen LogP contribution is -2.57. The minimum Gasteiger partial charge on any atom is -0.394 e. The summed E-state index contributed by atoms with van der Waals surface area (Å²) >= 11 is 0. The summed E-state index contributed by atoms with van der Waals surface area (Å²) in [5.41, 5.74) is 5.74. The van der Waals surface area contributed by atoms with Crippen LogP contribution in [-0.4, -0.2) is 42.3 Å². The lowest BCUT2D eigenvalue weighted by Gasteiger charge is -2.49. The lowest BCUT2D eigenvalue weighted by atomic mass is 9.62. The maximum absolute atomic E-state index is 9.07. The van der Waals surface area contributed by atoms with Crippen LogP contribution in [0.3, 0.4) is 0 Å². The van der Waals surface area contributed by atoms with Crippen LogP contribution in [0.4, 0.5) is 0 Å². The van der Waals surface area contributed by atoms with Gasteiger partial charge in [0.2, 0.25) is 0 Å². The average Bonchev–Trinajstić information content (AvgIpc) is 2.15. The zero-order valence-electron chi connectivity index (χ0n) is 9.08. The molecule has 1 saturated carbocycles. The van der Waals surface area contributed by atoms with Crippen molar-refractivity contribution in [3.8, 4) is 0 Å². The Kier molecular flexibility index (Phi) is 2.82. The summed E-state index contributed by atoms with van der Waals surface area (Å²) < 4.78 is 0. The molecule has 0 atom stereocenters. The summed E-state index contributed by atoms with van der Waals surface area (Å²) in [5, 5.41) is 9.07. The fourth-order valence-electron chi connectivity index (χ4n) is 2.95. The topological polar surface area (TPSA) is 49.5 Å². The maximum Gasteiger partial charge on any atom is 0.0611 e. The van der Waals surface area contributed by atoms with E-state index in [1.165, 1.54) is 25.9 Å². The number of piperidine rings is 1. The van der Waals surface area contributed by atoms with Crippen LogP contribution in [0, 0.1) is 11.8 Å². The first-order chi connectivity index (χ1) is 6.63. The molecule has 0 unspecified atom stereocenters. The highest BCUT2D eigenvalue weighted by Crippen LogP contribution is 2.43. The smallest absolute Gasteiger partial charge is 0.0611 e. The number of aliphatic hydroxyl groups is 1. The van der Waals surface area contributed by atoms with Gasteiger partial charge >= 0.3 is 0 Å². The second-order valence-electron chi connectivity index (χ2n) is 5.33. The van der Waals surface area contributed by atoms with Gasteiger partial charge in [-0.25, -0.2) is 0 Å². The van der Waals surface area contributed by atoms with E-state index in [4.69, 9.17) is 10.8 Å². The molecule has 0 spiro atoms. The predicted octanol–water partition coefficient (Wildman–Crippen LogP) is 0.428. The highest BCUT2D eigenvalue weighted by molar-refractivity contribution is 5.00. The van der Waals surface area contributed by atoms with Crippen molar-refractivity contribution in [2.75, 3.05) is 26.7 Å². The molecule has 1 heterocycles. The monoisotopic (exact) mass is 198 g/mol. The number of nitrogens with zero attached hydrogens (tertiary/aromatic N) is 1. The Morgan fingerprint density at radius 1 is 1.29 bits per heavy atom. The van der Waals surface area contributed by atoms with Crippen LogP contribution < -0.4 is 5.73 Å². The van der Waals surface area contributed by atoms with E-state index in [0.29, 0.717) is 0 Å². The van der Waals surface area contributed by atoms with Gasteiger partial charge in [-0.3, -0.25) is 0 Å². The van der Waals surface area contributed by atoms with Gasteiger partial charge in [-0.1, -0.05) is 0 Å². The fraction of sp³-hybridized carbons (Fsp3) is 1.00. The summed E-state index contributed by atoms with van der Waals surface area (Å²) in [6, 6.07) is 0. The molecular weight excluding hydrogens is 176 g/mol. The van der Waals surface area contributed by atoms with Gasteiger partial charge in [0.05, 0.1) is 6.61 Å². The first-order valence-corrected chi connectivity index (χ1v) is 5.71. The van der Waals surface area contributed by atoms with Crippen LogP contribution in [0.5, 0.6) is 0 Å². The molecule has 14 heavy (non-hydrogen) atoms. The van der Waals surface area contributed by atoms with Crippen LogP contribution in [0.15, 0.2) is 0 Å². The summed E-state index contributed by atoms with van der Waals surface area (Å²) in [7, 11) is 2.19. The molecule has 0 aromatic heterocycles. The minimum absolute atomic E-state index is 0.163. The summed E-state index contributed by atoms with van der Waals surface area (Å²) in [5.74, 6) is 1.66. The summed E-state index contributed by atoms with van der Waals surface area (Å²) in [4.78, 5) is 2.40. The standard InChI is InChI=1S/C11H22N2O/c1-13-4-2-9(3-5-13)10-6-11(12,7-10)8-14/h9-10,14H,2-8,12H2,1H3. The Morgan fingerprint density at radius 2 is 1.86 bits per heavy atom. The normalized spacial score (nSPS) is 40.9. The van der Waals surface area contributed by atoms with E-state index < -0.39 is 0 Å². The van der Waals surface area contributed by atoms with E-state index >= 15 is 0 Å². The molecule has 0 bridgehead atoms. The number of likely N-dealkylation sites (tertiary alicyclic amines) is 1. The molecule has 1 aliphatic carbocycles. The van der Waals surface area contributed by atoms with Crippen LogP contribution in [0.2, 0.25) is 0 Å². The minimum atomic E-state index is -0.228. The van der Waals surface area contributed by atoms with Crippen molar-refractivity contribution < 1.29 is 5.11 Å². The van der Waals surface area contributed by atoms with E-state index in [2.05, 4.69) is 11.9 Å². The van der Waals surface area contributed by atoms with Crippen molar-refractivity contribution in [3.63, 3.8) is 0 Å². The van der Waals surface area contributed by atoms with Gasteiger partial charge in [0.25, 0.3) is 0 Å². The SMILES string of the molecule is CN1CCC(C2CC(N)(CO)C2)CC1. The molecule has 2 fully saturated rings. The van der Waals surface area contributed by atoms with Crippen LogP contribution in [0.1, 0.15) is 25.7 Å². The second-order valence-corrected chi connectivity index (χ2v) is 5.33. The Hall–Kier alpha value is -0.120. The molecule has 82 valence electrons. The van der Waals surface area contributed by atoms with E-state index in [0.717, 1.165) is 24.7 Å². The van der Waals surface area contributed by atoms with Crippen molar-refractivity contribution in [2.24, 2.45) is 17.6 Å². The van der Waals surface area contributed by atoms with Crippen LogP contribution >= 0.6 is 0 Å². The van der Waals surface area contributed by atoms with E-state index in [1.807, 2.05) is 0 Å². The van der Waals surface area contributed by atoms with Crippen molar-refractivity contribution >= 4 is 0 Å². The molecule has 3 N–H and O–H groups in total. The van der Waals surface area contributed by atoms with Gasteiger partial charge in [-0.2, -0.15) is 0 Å². The van der Waals surface area contributed by atoms with Crippen molar-refractivity contribution in [1.29, 1.82) is 0 Å². The van der Waals surface area contributed by atoms with E-state index in [9.17, 15) is 0 Å². The summed E-state index contributed by atoms with van der Waals surface area (Å²) in [6.07, 6.45) is 4.72. The zero-order valence-corrected chi connectivity index (χ0v) is 9.08. The Morgan fingerprint density at radius 3 is 2.36 bits per heavy atom. The quantitative estimate of drug-likeness (QED) is 0.676.